The molecule has 3 nitrogen and oxygen atoms in total. The van der Waals surface area contributed by atoms with E-state index in [2.05, 4.69) is 24.1 Å². The van der Waals surface area contributed by atoms with Crippen LogP contribution in [0.25, 0.3) is 0 Å². The van der Waals surface area contributed by atoms with Crippen LogP contribution in [0, 0.1) is 0 Å². The molecule has 0 aromatic carbocycles. The molecule has 0 radical (unpaired) electrons. The summed E-state index contributed by atoms with van der Waals surface area (Å²) in [4.78, 5) is 4.24. The molecule has 0 aliphatic heterocycles. The molecular weight excluding hydrogens is 184 g/mol. The molecule has 1 heterocycles. The van der Waals surface area contributed by atoms with E-state index < -0.39 is 0 Å². The van der Waals surface area contributed by atoms with E-state index in [1.165, 1.54) is 0 Å². The van der Waals surface area contributed by atoms with Gasteiger partial charge in [-0.1, -0.05) is 0 Å². The quantitative estimate of drug-likeness (QED) is 0.787. The number of thiazole rings is 1. The number of nitrogens with one attached hydrogen (secondary N) is 1. The summed E-state index contributed by atoms with van der Waals surface area (Å²) in [5.41, 5.74) is 0. The largest absolute Gasteiger partial charge is 0.383 e. The third-order valence-corrected chi connectivity index (χ3v) is 2.73. The second-order valence-electron chi connectivity index (χ2n) is 3.12. The second kappa shape index (κ2) is 5.32. The first kappa shape index (κ1) is 10.6. The molecule has 74 valence electrons. The Bertz CT molecular complexity index is 226. The van der Waals surface area contributed by atoms with Crippen molar-refractivity contribution in [2.45, 2.75) is 25.9 Å². The van der Waals surface area contributed by atoms with Gasteiger partial charge in [-0.15, -0.1) is 11.3 Å². The van der Waals surface area contributed by atoms with Crippen molar-refractivity contribution in [3.63, 3.8) is 0 Å². The van der Waals surface area contributed by atoms with Crippen molar-refractivity contribution in [3.8, 4) is 0 Å². The van der Waals surface area contributed by atoms with Crippen LogP contribution in [-0.2, 0) is 4.74 Å². The SMILES string of the molecule is COC[C@H](C)N[C@@H](C)c1nccs1. The van der Waals surface area contributed by atoms with Crippen LogP contribution < -0.4 is 5.32 Å². The van der Waals surface area contributed by atoms with Gasteiger partial charge in [0.25, 0.3) is 0 Å². The van der Waals surface area contributed by atoms with Crippen LogP contribution in [0.2, 0.25) is 0 Å². The first-order valence-electron chi connectivity index (χ1n) is 4.38. The van der Waals surface area contributed by atoms with Gasteiger partial charge in [-0.25, -0.2) is 4.98 Å². The number of hydrogen-bond acceptors (Lipinski definition) is 4. The predicted octanol–water partition coefficient (Wildman–Crippen LogP) is 1.83. The summed E-state index contributed by atoms with van der Waals surface area (Å²) < 4.78 is 5.04. The van der Waals surface area contributed by atoms with Gasteiger partial charge in [0.15, 0.2) is 0 Å². The summed E-state index contributed by atoms with van der Waals surface area (Å²) in [5.74, 6) is 0. The summed E-state index contributed by atoms with van der Waals surface area (Å²) in [6.07, 6.45) is 1.83. The lowest BCUT2D eigenvalue weighted by molar-refractivity contribution is 0.167. The average molecular weight is 200 g/mol. The van der Waals surface area contributed by atoms with Crippen molar-refractivity contribution < 1.29 is 4.74 Å². The van der Waals surface area contributed by atoms with Gasteiger partial charge < -0.3 is 10.1 Å². The monoisotopic (exact) mass is 200 g/mol. The smallest absolute Gasteiger partial charge is 0.109 e. The van der Waals surface area contributed by atoms with Crippen molar-refractivity contribution in [1.82, 2.24) is 10.3 Å². The van der Waals surface area contributed by atoms with Crippen LogP contribution >= 0.6 is 11.3 Å². The van der Waals surface area contributed by atoms with Crippen molar-refractivity contribution in [1.29, 1.82) is 0 Å². The molecule has 0 amide bonds. The number of hydrogen-bond donors (Lipinski definition) is 1. The zero-order chi connectivity index (χ0) is 9.68. The van der Waals surface area contributed by atoms with Crippen LogP contribution in [0.1, 0.15) is 24.9 Å². The molecule has 0 unspecified atom stereocenters. The Morgan fingerprint density at radius 3 is 2.92 bits per heavy atom. The zero-order valence-corrected chi connectivity index (χ0v) is 9.10. The first-order valence-corrected chi connectivity index (χ1v) is 5.26. The van der Waals surface area contributed by atoms with E-state index in [9.17, 15) is 0 Å². The van der Waals surface area contributed by atoms with Gasteiger partial charge in [0.2, 0.25) is 0 Å². The highest BCUT2D eigenvalue weighted by Crippen LogP contribution is 2.14. The maximum absolute atomic E-state index is 5.04. The lowest BCUT2D eigenvalue weighted by atomic mass is 10.3. The molecule has 0 fully saturated rings. The molecule has 1 N–H and O–H groups in total. The van der Waals surface area contributed by atoms with Crippen LogP contribution in [-0.4, -0.2) is 24.7 Å². The average Bonchev–Trinajstić information content (AvgIpc) is 2.55. The molecule has 0 spiro atoms. The third kappa shape index (κ3) is 3.42. The molecule has 13 heavy (non-hydrogen) atoms. The molecule has 0 bridgehead atoms. The van der Waals surface area contributed by atoms with Gasteiger partial charge in [0.05, 0.1) is 12.6 Å². The number of methoxy groups -OCH3 is 1. The third-order valence-electron chi connectivity index (χ3n) is 1.77. The van der Waals surface area contributed by atoms with E-state index in [-0.39, 0.29) is 0 Å². The van der Waals surface area contributed by atoms with Gasteiger partial charge in [-0.2, -0.15) is 0 Å². The normalized spacial score (nSPS) is 15.6. The minimum absolute atomic E-state index is 0.310. The van der Waals surface area contributed by atoms with E-state index in [0.29, 0.717) is 12.1 Å². The lowest BCUT2D eigenvalue weighted by Gasteiger charge is -2.17. The number of ether oxygens (including phenoxy) is 1. The summed E-state index contributed by atoms with van der Waals surface area (Å²) in [6.45, 7) is 4.95. The van der Waals surface area contributed by atoms with Gasteiger partial charge in [0, 0.05) is 24.7 Å². The fourth-order valence-corrected chi connectivity index (χ4v) is 1.90. The maximum atomic E-state index is 5.04. The molecule has 4 heteroatoms. The molecule has 2 atom stereocenters. The fourth-order valence-electron chi connectivity index (χ4n) is 1.24. The van der Waals surface area contributed by atoms with E-state index in [1.54, 1.807) is 18.4 Å². The van der Waals surface area contributed by atoms with Crippen molar-refractivity contribution in [2.75, 3.05) is 13.7 Å². The van der Waals surface area contributed by atoms with Crippen molar-refractivity contribution in [2.24, 2.45) is 0 Å². The zero-order valence-electron chi connectivity index (χ0n) is 8.28. The van der Waals surface area contributed by atoms with Crippen molar-refractivity contribution >= 4 is 11.3 Å². The van der Waals surface area contributed by atoms with Gasteiger partial charge in [-0.05, 0) is 13.8 Å². The minimum atomic E-state index is 0.310. The number of rotatable bonds is 5. The highest BCUT2D eigenvalue weighted by atomic mass is 32.1. The Hall–Kier alpha value is -0.450. The second-order valence-corrected chi connectivity index (χ2v) is 4.04. The Kier molecular flexibility index (Phi) is 4.35. The minimum Gasteiger partial charge on any atom is -0.383 e. The van der Waals surface area contributed by atoms with Crippen LogP contribution in [0.4, 0.5) is 0 Å². The molecular formula is C9H16N2OS. The summed E-state index contributed by atoms with van der Waals surface area (Å²) >= 11 is 1.68. The molecule has 0 aliphatic carbocycles. The maximum Gasteiger partial charge on any atom is 0.109 e. The molecule has 0 saturated carbocycles. The van der Waals surface area contributed by atoms with E-state index in [4.69, 9.17) is 4.74 Å². The number of aromatic nitrogens is 1. The van der Waals surface area contributed by atoms with E-state index in [0.717, 1.165) is 11.6 Å². The Morgan fingerprint density at radius 1 is 1.62 bits per heavy atom. The predicted molar refractivity (Wildman–Crippen MR) is 55.0 cm³/mol. The van der Waals surface area contributed by atoms with Crippen LogP contribution in [0.5, 0.6) is 0 Å². The molecule has 1 aromatic heterocycles. The van der Waals surface area contributed by atoms with E-state index in [1.807, 2.05) is 11.6 Å². The summed E-state index contributed by atoms with van der Waals surface area (Å²) in [5, 5.41) is 6.53. The standard InChI is InChI=1S/C9H16N2OS/c1-7(6-12-3)11-8(2)9-10-4-5-13-9/h4-5,7-8,11H,6H2,1-3H3/t7-,8-/m0/s1. The fraction of sp³-hybridized carbons (Fsp3) is 0.667. The Labute approximate surface area is 83.1 Å². The Balaban J connectivity index is 2.37. The topological polar surface area (TPSA) is 34.1 Å². The highest BCUT2D eigenvalue weighted by molar-refractivity contribution is 7.09. The molecule has 0 aliphatic rings. The molecule has 1 rings (SSSR count). The van der Waals surface area contributed by atoms with Gasteiger partial charge >= 0.3 is 0 Å². The Morgan fingerprint density at radius 2 is 2.38 bits per heavy atom. The highest BCUT2D eigenvalue weighted by Gasteiger charge is 2.10. The van der Waals surface area contributed by atoms with Crippen LogP contribution in [0.15, 0.2) is 11.6 Å². The lowest BCUT2D eigenvalue weighted by Crippen LogP contribution is -2.32. The van der Waals surface area contributed by atoms with Gasteiger partial charge in [0.1, 0.15) is 5.01 Å². The summed E-state index contributed by atoms with van der Waals surface area (Å²) in [7, 11) is 1.71. The van der Waals surface area contributed by atoms with Crippen molar-refractivity contribution in [3.05, 3.63) is 16.6 Å². The molecule has 1 aromatic rings. The van der Waals surface area contributed by atoms with Gasteiger partial charge in [-0.3, -0.25) is 0 Å². The number of nitrogens with zero attached hydrogens (tertiary/aromatic N) is 1. The summed E-state index contributed by atoms with van der Waals surface area (Å²) in [6, 6.07) is 0.675. The first-order chi connectivity index (χ1) is 6.24. The molecule has 0 saturated heterocycles. The van der Waals surface area contributed by atoms with E-state index >= 15 is 0 Å². The van der Waals surface area contributed by atoms with Crippen LogP contribution in [0.3, 0.4) is 0 Å².